The summed E-state index contributed by atoms with van der Waals surface area (Å²) in [4.78, 5) is 12.2. The van der Waals surface area contributed by atoms with Crippen molar-refractivity contribution in [2.24, 2.45) is 0 Å². The van der Waals surface area contributed by atoms with Gasteiger partial charge in [-0.1, -0.05) is 31.2 Å². The molecule has 1 amide bonds. The van der Waals surface area contributed by atoms with Gasteiger partial charge in [-0.3, -0.25) is 4.79 Å². The molecule has 0 fully saturated rings. The molecule has 1 aliphatic carbocycles. The standard InChI is InChI=1S/C15H21NO2/c1-3-15(2,8-9-17)16-14(18)13-10-11-6-4-5-7-12(11)13/h4-7,13,17H,3,8-10H2,1-2H3,(H,16,18). The molecule has 2 atom stereocenters. The number of carbonyl (C=O) groups excluding carboxylic acids is 1. The van der Waals surface area contributed by atoms with Crippen molar-refractivity contribution in [1.29, 1.82) is 0 Å². The molecule has 0 heterocycles. The molecule has 2 N–H and O–H groups in total. The van der Waals surface area contributed by atoms with E-state index in [-0.39, 0.29) is 24.0 Å². The molecular weight excluding hydrogens is 226 g/mol. The summed E-state index contributed by atoms with van der Waals surface area (Å²) in [5, 5.41) is 12.2. The lowest BCUT2D eigenvalue weighted by Gasteiger charge is -2.35. The molecule has 2 unspecified atom stereocenters. The van der Waals surface area contributed by atoms with E-state index in [1.54, 1.807) is 0 Å². The lowest BCUT2D eigenvalue weighted by atomic mass is 9.76. The van der Waals surface area contributed by atoms with Crippen molar-refractivity contribution in [3.8, 4) is 0 Å². The van der Waals surface area contributed by atoms with E-state index in [1.165, 1.54) is 5.56 Å². The summed E-state index contributed by atoms with van der Waals surface area (Å²) in [6, 6.07) is 8.09. The van der Waals surface area contributed by atoms with E-state index in [9.17, 15) is 4.79 Å². The Morgan fingerprint density at radius 3 is 2.83 bits per heavy atom. The fourth-order valence-electron chi connectivity index (χ4n) is 2.45. The SMILES string of the molecule is CCC(C)(CCO)NC(=O)C1Cc2ccccc21. The number of fused-ring (bicyclic) bond motifs is 1. The quantitative estimate of drug-likeness (QED) is 0.836. The van der Waals surface area contributed by atoms with Crippen molar-refractivity contribution in [2.45, 2.75) is 44.6 Å². The lowest BCUT2D eigenvalue weighted by Crippen LogP contribution is -2.49. The normalized spacial score (nSPS) is 20.5. The first-order valence-electron chi connectivity index (χ1n) is 6.60. The second-order valence-corrected chi connectivity index (χ2v) is 5.33. The van der Waals surface area contributed by atoms with E-state index < -0.39 is 0 Å². The highest BCUT2D eigenvalue weighted by molar-refractivity contribution is 5.87. The number of aliphatic hydroxyl groups is 1. The van der Waals surface area contributed by atoms with Crippen LogP contribution < -0.4 is 5.32 Å². The summed E-state index contributed by atoms with van der Waals surface area (Å²) in [5.74, 6) is 0.0808. The lowest BCUT2D eigenvalue weighted by molar-refractivity contribution is -0.125. The van der Waals surface area contributed by atoms with Crippen LogP contribution in [0.5, 0.6) is 0 Å². The zero-order valence-electron chi connectivity index (χ0n) is 11.1. The van der Waals surface area contributed by atoms with Gasteiger partial charge in [0.2, 0.25) is 5.91 Å². The highest BCUT2D eigenvalue weighted by Crippen LogP contribution is 2.35. The Morgan fingerprint density at radius 2 is 2.22 bits per heavy atom. The van der Waals surface area contributed by atoms with Gasteiger partial charge in [-0.15, -0.1) is 0 Å². The van der Waals surface area contributed by atoms with E-state index >= 15 is 0 Å². The van der Waals surface area contributed by atoms with Crippen LogP contribution in [0.3, 0.4) is 0 Å². The van der Waals surface area contributed by atoms with Crippen LogP contribution in [0.15, 0.2) is 24.3 Å². The van der Waals surface area contributed by atoms with Crippen molar-refractivity contribution in [2.75, 3.05) is 6.61 Å². The molecule has 1 aliphatic rings. The van der Waals surface area contributed by atoms with E-state index in [4.69, 9.17) is 5.11 Å². The number of amides is 1. The Labute approximate surface area is 108 Å². The average Bonchev–Trinajstić information content (AvgIpc) is 2.31. The van der Waals surface area contributed by atoms with Crippen LogP contribution >= 0.6 is 0 Å². The predicted molar refractivity (Wildman–Crippen MR) is 71.4 cm³/mol. The van der Waals surface area contributed by atoms with Gasteiger partial charge < -0.3 is 10.4 Å². The number of aliphatic hydroxyl groups excluding tert-OH is 1. The molecule has 0 aromatic heterocycles. The van der Waals surface area contributed by atoms with E-state index in [1.807, 2.05) is 32.0 Å². The first kappa shape index (κ1) is 13.1. The Morgan fingerprint density at radius 1 is 1.50 bits per heavy atom. The molecule has 3 nitrogen and oxygen atoms in total. The molecule has 0 spiro atoms. The van der Waals surface area contributed by atoms with Crippen molar-refractivity contribution in [3.05, 3.63) is 35.4 Å². The van der Waals surface area contributed by atoms with Gasteiger partial charge in [0.1, 0.15) is 0 Å². The van der Waals surface area contributed by atoms with Gasteiger partial charge in [0.05, 0.1) is 5.92 Å². The minimum absolute atomic E-state index is 0.00855. The van der Waals surface area contributed by atoms with E-state index in [2.05, 4.69) is 11.4 Å². The summed E-state index contributed by atoms with van der Waals surface area (Å²) in [5.41, 5.74) is 2.13. The second-order valence-electron chi connectivity index (χ2n) is 5.33. The third-order valence-corrected chi connectivity index (χ3v) is 4.04. The fourth-order valence-corrected chi connectivity index (χ4v) is 2.45. The summed E-state index contributed by atoms with van der Waals surface area (Å²) in [7, 11) is 0. The number of rotatable bonds is 5. The van der Waals surface area contributed by atoms with Crippen LogP contribution in [-0.4, -0.2) is 23.2 Å². The first-order valence-corrected chi connectivity index (χ1v) is 6.60. The van der Waals surface area contributed by atoms with Gasteiger partial charge in [0.15, 0.2) is 0 Å². The highest BCUT2D eigenvalue weighted by atomic mass is 16.3. The van der Waals surface area contributed by atoms with E-state index in [0.717, 1.165) is 18.4 Å². The zero-order chi connectivity index (χ0) is 13.2. The van der Waals surface area contributed by atoms with Gasteiger partial charge in [-0.05, 0) is 37.3 Å². The number of hydrogen-bond donors (Lipinski definition) is 2. The summed E-state index contributed by atoms with van der Waals surface area (Å²) >= 11 is 0. The minimum atomic E-state index is -0.295. The predicted octanol–water partition coefficient (Wildman–Crippen LogP) is 1.99. The molecule has 1 aromatic rings. The third kappa shape index (κ3) is 2.41. The zero-order valence-corrected chi connectivity index (χ0v) is 11.1. The molecule has 98 valence electrons. The van der Waals surface area contributed by atoms with Crippen molar-refractivity contribution in [3.63, 3.8) is 0 Å². The highest BCUT2D eigenvalue weighted by Gasteiger charge is 2.34. The van der Waals surface area contributed by atoms with Crippen LogP contribution in [0, 0.1) is 0 Å². The number of nitrogens with one attached hydrogen (secondary N) is 1. The molecule has 0 bridgehead atoms. The van der Waals surface area contributed by atoms with E-state index in [0.29, 0.717) is 6.42 Å². The van der Waals surface area contributed by atoms with Gasteiger partial charge in [0.25, 0.3) is 0 Å². The Kier molecular flexibility index (Phi) is 3.71. The molecular formula is C15H21NO2. The Hall–Kier alpha value is -1.35. The molecule has 0 radical (unpaired) electrons. The van der Waals surface area contributed by atoms with Crippen molar-refractivity contribution < 1.29 is 9.90 Å². The van der Waals surface area contributed by atoms with Crippen LogP contribution in [0.1, 0.15) is 43.7 Å². The molecule has 18 heavy (non-hydrogen) atoms. The summed E-state index contributed by atoms with van der Waals surface area (Å²) in [6.45, 7) is 4.13. The minimum Gasteiger partial charge on any atom is -0.396 e. The van der Waals surface area contributed by atoms with Gasteiger partial charge >= 0.3 is 0 Å². The van der Waals surface area contributed by atoms with Crippen LogP contribution in [0.2, 0.25) is 0 Å². The number of carbonyl (C=O) groups is 1. The maximum atomic E-state index is 12.2. The topological polar surface area (TPSA) is 49.3 Å². The smallest absolute Gasteiger partial charge is 0.228 e. The van der Waals surface area contributed by atoms with Crippen LogP contribution in [0.4, 0.5) is 0 Å². The summed E-state index contributed by atoms with van der Waals surface area (Å²) < 4.78 is 0. The van der Waals surface area contributed by atoms with Gasteiger partial charge in [-0.25, -0.2) is 0 Å². The van der Waals surface area contributed by atoms with Crippen LogP contribution in [0.25, 0.3) is 0 Å². The second kappa shape index (κ2) is 5.11. The Balaban J connectivity index is 2.02. The summed E-state index contributed by atoms with van der Waals surface area (Å²) in [6.07, 6.45) is 2.26. The maximum Gasteiger partial charge on any atom is 0.228 e. The number of hydrogen-bond acceptors (Lipinski definition) is 2. The van der Waals surface area contributed by atoms with Crippen molar-refractivity contribution in [1.82, 2.24) is 5.32 Å². The largest absolute Gasteiger partial charge is 0.396 e. The fraction of sp³-hybridized carbons (Fsp3) is 0.533. The maximum absolute atomic E-state index is 12.2. The molecule has 0 saturated carbocycles. The average molecular weight is 247 g/mol. The van der Waals surface area contributed by atoms with Crippen molar-refractivity contribution >= 4 is 5.91 Å². The molecule has 0 saturated heterocycles. The number of benzene rings is 1. The Bertz CT molecular complexity index is 444. The van der Waals surface area contributed by atoms with Crippen LogP contribution in [-0.2, 0) is 11.2 Å². The molecule has 3 heteroatoms. The molecule has 1 aromatic carbocycles. The third-order valence-electron chi connectivity index (χ3n) is 4.04. The first-order chi connectivity index (χ1) is 8.59. The molecule has 2 rings (SSSR count). The van der Waals surface area contributed by atoms with Gasteiger partial charge in [0, 0.05) is 12.1 Å². The molecule has 0 aliphatic heterocycles. The van der Waals surface area contributed by atoms with Gasteiger partial charge in [-0.2, -0.15) is 0 Å². The monoisotopic (exact) mass is 247 g/mol.